The maximum atomic E-state index is 7.07. The molecule has 4 aromatic carbocycles. The third-order valence-corrected chi connectivity index (χ3v) is 18.0. The van der Waals surface area contributed by atoms with E-state index in [2.05, 4.69) is 182 Å². The average Bonchev–Trinajstić information content (AvgIpc) is 2.98. The Morgan fingerprint density at radius 3 is 1.17 bits per heavy atom. The SMILES string of the molecule is C=C(/C=C/CO[Si](c1ccccc1)(c1ccccc1)C(C)(C)C)CO[Si](c1ccccc1)(c1ccccc1)C(C)(C)C. The molecule has 0 fully saturated rings. The van der Waals surface area contributed by atoms with Gasteiger partial charge in [0, 0.05) is 0 Å². The molecule has 0 saturated heterocycles. The molecule has 0 aliphatic carbocycles. The van der Waals surface area contributed by atoms with Crippen molar-refractivity contribution in [2.45, 2.75) is 51.6 Å². The van der Waals surface area contributed by atoms with Crippen molar-refractivity contribution in [3.05, 3.63) is 146 Å². The molecule has 0 radical (unpaired) electrons. The highest BCUT2D eigenvalue weighted by Gasteiger charge is 2.51. The van der Waals surface area contributed by atoms with E-state index in [1.807, 2.05) is 0 Å². The molecular formula is C38H46O2Si2. The molecule has 0 spiro atoms. The summed E-state index contributed by atoms with van der Waals surface area (Å²) >= 11 is 0. The van der Waals surface area contributed by atoms with Crippen LogP contribution >= 0.6 is 0 Å². The van der Waals surface area contributed by atoms with Crippen molar-refractivity contribution >= 4 is 37.4 Å². The number of hydrogen-bond acceptors (Lipinski definition) is 2. The van der Waals surface area contributed by atoms with Crippen molar-refractivity contribution < 1.29 is 8.85 Å². The van der Waals surface area contributed by atoms with Gasteiger partial charge in [-0.25, -0.2) is 0 Å². The first kappa shape index (κ1) is 31.6. The molecule has 0 heterocycles. The minimum Gasteiger partial charge on any atom is -0.404 e. The Bertz CT molecular complexity index is 1360. The predicted molar refractivity (Wildman–Crippen MR) is 185 cm³/mol. The highest BCUT2D eigenvalue weighted by molar-refractivity contribution is 7.00. The van der Waals surface area contributed by atoms with Gasteiger partial charge in [0.25, 0.3) is 16.6 Å². The molecule has 4 heteroatoms. The van der Waals surface area contributed by atoms with Gasteiger partial charge in [-0.3, -0.25) is 0 Å². The lowest BCUT2D eigenvalue weighted by molar-refractivity contribution is 0.331. The van der Waals surface area contributed by atoms with Crippen molar-refractivity contribution in [1.82, 2.24) is 0 Å². The van der Waals surface area contributed by atoms with Crippen LogP contribution < -0.4 is 20.7 Å². The molecule has 0 atom stereocenters. The van der Waals surface area contributed by atoms with E-state index in [0.717, 1.165) is 5.57 Å². The first-order valence-electron chi connectivity index (χ1n) is 14.9. The molecule has 4 rings (SSSR count). The zero-order valence-electron chi connectivity index (χ0n) is 26.1. The highest BCUT2D eigenvalue weighted by Crippen LogP contribution is 2.38. The Hall–Kier alpha value is -3.29. The lowest BCUT2D eigenvalue weighted by atomic mass is 10.2. The lowest BCUT2D eigenvalue weighted by Gasteiger charge is -2.43. The van der Waals surface area contributed by atoms with Crippen LogP contribution in [0.2, 0.25) is 10.1 Å². The van der Waals surface area contributed by atoms with Gasteiger partial charge in [-0.05, 0) is 36.4 Å². The van der Waals surface area contributed by atoms with Gasteiger partial charge in [0.05, 0.1) is 13.2 Å². The molecule has 0 aromatic heterocycles. The van der Waals surface area contributed by atoms with E-state index in [9.17, 15) is 0 Å². The summed E-state index contributed by atoms with van der Waals surface area (Å²) in [5, 5.41) is 4.97. The predicted octanol–water partition coefficient (Wildman–Crippen LogP) is 7.25. The minimum atomic E-state index is -2.62. The average molecular weight is 591 g/mol. The smallest absolute Gasteiger partial charge is 0.261 e. The van der Waals surface area contributed by atoms with Crippen LogP contribution in [0.5, 0.6) is 0 Å². The molecule has 42 heavy (non-hydrogen) atoms. The molecule has 0 saturated carbocycles. The zero-order valence-corrected chi connectivity index (χ0v) is 28.1. The fourth-order valence-corrected chi connectivity index (χ4v) is 15.2. The van der Waals surface area contributed by atoms with Gasteiger partial charge in [0.2, 0.25) is 0 Å². The third kappa shape index (κ3) is 6.53. The lowest BCUT2D eigenvalue weighted by Crippen LogP contribution is -2.66. The molecule has 218 valence electrons. The van der Waals surface area contributed by atoms with E-state index < -0.39 is 16.6 Å². The summed E-state index contributed by atoms with van der Waals surface area (Å²) in [7, 11) is -5.21. The van der Waals surface area contributed by atoms with E-state index in [-0.39, 0.29) is 10.1 Å². The van der Waals surface area contributed by atoms with Crippen molar-refractivity contribution in [3.8, 4) is 0 Å². The largest absolute Gasteiger partial charge is 0.404 e. The Morgan fingerprint density at radius 1 is 0.548 bits per heavy atom. The number of rotatable bonds is 11. The number of benzene rings is 4. The summed E-state index contributed by atoms with van der Waals surface area (Å²) in [6.07, 6.45) is 4.19. The van der Waals surface area contributed by atoms with Crippen LogP contribution in [0.3, 0.4) is 0 Å². The maximum Gasteiger partial charge on any atom is 0.261 e. The fraction of sp³-hybridized carbons (Fsp3) is 0.263. The topological polar surface area (TPSA) is 18.5 Å². The number of hydrogen-bond donors (Lipinski definition) is 0. The molecule has 0 unspecified atom stereocenters. The molecule has 2 nitrogen and oxygen atoms in total. The monoisotopic (exact) mass is 590 g/mol. The van der Waals surface area contributed by atoms with Gasteiger partial charge in [-0.15, -0.1) is 0 Å². The molecule has 0 aliphatic heterocycles. The minimum absolute atomic E-state index is 0.0626. The summed E-state index contributed by atoms with van der Waals surface area (Å²) < 4.78 is 14.1. The van der Waals surface area contributed by atoms with Crippen LogP contribution in [0.25, 0.3) is 0 Å². The summed E-state index contributed by atoms with van der Waals surface area (Å²) in [4.78, 5) is 0. The molecule has 0 amide bonds. The van der Waals surface area contributed by atoms with Crippen molar-refractivity contribution in [3.63, 3.8) is 0 Å². The molecule has 0 aliphatic rings. The Morgan fingerprint density at radius 2 is 0.857 bits per heavy atom. The van der Waals surface area contributed by atoms with Gasteiger partial charge in [-0.1, -0.05) is 182 Å². The van der Waals surface area contributed by atoms with E-state index in [0.29, 0.717) is 13.2 Å². The maximum absolute atomic E-state index is 7.07. The van der Waals surface area contributed by atoms with Gasteiger partial charge in [-0.2, -0.15) is 0 Å². The van der Waals surface area contributed by atoms with Gasteiger partial charge in [0.15, 0.2) is 0 Å². The fourth-order valence-electron chi connectivity index (χ4n) is 6.16. The van der Waals surface area contributed by atoms with Gasteiger partial charge in [0.1, 0.15) is 0 Å². The van der Waals surface area contributed by atoms with Gasteiger partial charge >= 0.3 is 0 Å². The quantitative estimate of drug-likeness (QED) is 0.135. The first-order valence-corrected chi connectivity index (χ1v) is 18.7. The second-order valence-electron chi connectivity index (χ2n) is 13.0. The van der Waals surface area contributed by atoms with Crippen LogP contribution in [0.15, 0.2) is 146 Å². The van der Waals surface area contributed by atoms with E-state index in [1.165, 1.54) is 20.7 Å². The second kappa shape index (κ2) is 13.3. The van der Waals surface area contributed by atoms with E-state index in [4.69, 9.17) is 8.85 Å². The van der Waals surface area contributed by atoms with Crippen LogP contribution in [0.4, 0.5) is 0 Å². The third-order valence-electron chi connectivity index (χ3n) is 8.06. The first-order chi connectivity index (χ1) is 20.0. The van der Waals surface area contributed by atoms with Crippen LogP contribution in [-0.2, 0) is 8.85 Å². The summed E-state index contributed by atoms with van der Waals surface area (Å²) in [5.41, 5.74) is 0.939. The van der Waals surface area contributed by atoms with Crippen LogP contribution in [0, 0.1) is 0 Å². The standard InChI is InChI=1S/C38H46O2Si2/c1-32(31-40-42(38(5,6)7,35-26-16-10-17-27-35)36-28-18-11-19-29-36)21-20-30-39-41(37(2,3)4,33-22-12-8-13-23-33)34-24-14-9-15-25-34/h8-29H,1,30-31H2,2-7H3/b21-20+. The van der Waals surface area contributed by atoms with Crippen molar-refractivity contribution in [2.24, 2.45) is 0 Å². The summed E-state index contributed by atoms with van der Waals surface area (Å²) in [6.45, 7) is 19.2. The van der Waals surface area contributed by atoms with E-state index >= 15 is 0 Å². The Balaban J connectivity index is 1.58. The second-order valence-corrected chi connectivity index (χ2v) is 21.6. The Kier molecular flexibility index (Phi) is 10.1. The molecule has 4 aromatic rings. The molecule has 0 bridgehead atoms. The highest BCUT2D eigenvalue weighted by atomic mass is 28.4. The van der Waals surface area contributed by atoms with Crippen molar-refractivity contribution in [2.75, 3.05) is 13.2 Å². The molecule has 0 N–H and O–H groups in total. The molecular weight excluding hydrogens is 545 g/mol. The van der Waals surface area contributed by atoms with Gasteiger partial charge < -0.3 is 8.85 Å². The summed E-state index contributed by atoms with van der Waals surface area (Å²) in [6, 6.07) is 43.0. The Labute approximate surface area is 256 Å². The normalized spacial score (nSPS) is 12.9. The summed E-state index contributed by atoms with van der Waals surface area (Å²) in [5.74, 6) is 0. The van der Waals surface area contributed by atoms with Crippen LogP contribution in [0.1, 0.15) is 41.5 Å². The zero-order chi connectivity index (χ0) is 30.3. The van der Waals surface area contributed by atoms with Crippen molar-refractivity contribution in [1.29, 1.82) is 0 Å². The van der Waals surface area contributed by atoms with E-state index in [1.54, 1.807) is 0 Å². The van der Waals surface area contributed by atoms with Crippen LogP contribution in [-0.4, -0.2) is 29.8 Å².